The molecule has 0 aliphatic heterocycles. The van der Waals surface area contributed by atoms with Crippen molar-refractivity contribution in [3.05, 3.63) is 120 Å². The molecule has 7 heteroatoms. The van der Waals surface area contributed by atoms with Crippen LogP contribution in [0.15, 0.2) is 102 Å². The highest BCUT2D eigenvalue weighted by molar-refractivity contribution is 7.92. The third-order valence-electron chi connectivity index (χ3n) is 4.85. The van der Waals surface area contributed by atoms with Crippen LogP contribution in [-0.2, 0) is 10.0 Å². The van der Waals surface area contributed by atoms with Crippen LogP contribution >= 0.6 is 0 Å². The Labute approximate surface area is 198 Å². The van der Waals surface area contributed by atoms with E-state index >= 15 is 0 Å². The van der Waals surface area contributed by atoms with Gasteiger partial charge in [0.1, 0.15) is 5.69 Å². The first-order valence-corrected chi connectivity index (χ1v) is 11.9. The third kappa shape index (κ3) is 5.88. The van der Waals surface area contributed by atoms with E-state index in [9.17, 15) is 13.2 Å². The van der Waals surface area contributed by atoms with E-state index in [1.807, 2.05) is 43.3 Å². The summed E-state index contributed by atoms with van der Waals surface area (Å²) in [7, 11) is -3.76. The zero-order valence-corrected chi connectivity index (χ0v) is 19.1. The lowest BCUT2D eigenvalue weighted by atomic mass is 10.1. The molecular formula is C27H21N3O3S. The summed E-state index contributed by atoms with van der Waals surface area (Å²) in [5.41, 5.74) is 3.80. The van der Waals surface area contributed by atoms with Crippen LogP contribution in [0, 0.1) is 18.8 Å². The Hall–Kier alpha value is -4.41. The van der Waals surface area contributed by atoms with Gasteiger partial charge in [0.25, 0.3) is 15.9 Å². The lowest BCUT2D eigenvalue weighted by Crippen LogP contribution is -2.15. The quantitative estimate of drug-likeness (QED) is 0.411. The largest absolute Gasteiger partial charge is 0.322 e. The molecule has 0 aliphatic rings. The van der Waals surface area contributed by atoms with Crippen molar-refractivity contribution >= 4 is 27.3 Å². The third-order valence-corrected chi connectivity index (χ3v) is 6.25. The van der Waals surface area contributed by atoms with E-state index in [1.54, 1.807) is 36.5 Å². The van der Waals surface area contributed by atoms with Crippen molar-refractivity contribution in [1.29, 1.82) is 0 Å². The van der Waals surface area contributed by atoms with Crippen molar-refractivity contribution in [3.63, 3.8) is 0 Å². The molecule has 1 aromatic heterocycles. The number of amides is 1. The first kappa shape index (κ1) is 22.8. The van der Waals surface area contributed by atoms with Crippen LogP contribution in [0.1, 0.15) is 27.2 Å². The number of pyridine rings is 1. The van der Waals surface area contributed by atoms with Gasteiger partial charge in [-0.1, -0.05) is 35.7 Å². The maximum Gasteiger partial charge on any atom is 0.261 e. The fourth-order valence-corrected chi connectivity index (χ4v) is 4.13. The van der Waals surface area contributed by atoms with E-state index in [4.69, 9.17) is 0 Å². The number of sulfonamides is 1. The lowest BCUT2D eigenvalue weighted by Gasteiger charge is -2.10. The monoisotopic (exact) mass is 467 g/mol. The fourth-order valence-electron chi connectivity index (χ4n) is 3.07. The summed E-state index contributed by atoms with van der Waals surface area (Å²) in [6, 6.07) is 25.5. The summed E-state index contributed by atoms with van der Waals surface area (Å²) in [5.74, 6) is 5.64. The molecule has 0 radical (unpaired) electrons. The van der Waals surface area contributed by atoms with Crippen molar-refractivity contribution in [2.75, 3.05) is 10.0 Å². The number of nitrogens with one attached hydrogen (secondary N) is 2. The lowest BCUT2D eigenvalue weighted by molar-refractivity contribution is 0.102. The average Bonchev–Trinajstić information content (AvgIpc) is 2.85. The van der Waals surface area contributed by atoms with Crippen molar-refractivity contribution in [1.82, 2.24) is 4.98 Å². The number of nitrogens with zero attached hydrogens (tertiary/aromatic N) is 1. The van der Waals surface area contributed by atoms with E-state index in [2.05, 4.69) is 26.9 Å². The Morgan fingerprint density at radius 3 is 2.29 bits per heavy atom. The number of benzene rings is 3. The normalized spacial score (nSPS) is 10.6. The van der Waals surface area contributed by atoms with Crippen LogP contribution < -0.4 is 10.0 Å². The second-order valence-corrected chi connectivity index (χ2v) is 9.18. The number of anilines is 2. The van der Waals surface area contributed by atoms with Gasteiger partial charge in [0.15, 0.2) is 0 Å². The van der Waals surface area contributed by atoms with Crippen LogP contribution in [0.2, 0.25) is 0 Å². The molecule has 0 bridgehead atoms. The topological polar surface area (TPSA) is 88.2 Å². The fraction of sp³-hybridized carbons (Fsp3) is 0.0370. The second kappa shape index (κ2) is 10.0. The number of hydrogen-bond donors (Lipinski definition) is 2. The van der Waals surface area contributed by atoms with Crippen LogP contribution in [-0.4, -0.2) is 19.3 Å². The summed E-state index contributed by atoms with van der Waals surface area (Å²) in [5, 5.41) is 2.81. The van der Waals surface area contributed by atoms with Crippen LogP contribution in [0.25, 0.3) is 0 Å². The predicted octanol–water partition coefficient (Wildman–Crippen LogP) is 4.84. The number of aryl methyl sites for hydroxylation is 1. The molecule has 0 aliphatic carbocycles. The first-order valence-electron chi connectivity index (χ1n) is 10.4. The minimum absolute atomic E-state index is 0.0661. The number of hydrogen-bond acceptors (Lipinski definition) is 4. The average molecular weight is 468 g/mol. The zero-order chi connectivity index (χ0) is 24.0. The van der Waals surface area contributed by atoms with Crippen molar-refractivity contribution < 1.29 is 13.2 Å². The summed E-state index contributed by atoms with van der Waals surface area (Å²) < 4.78 is 27.8. The molecule has 0 saturated carbocycles. The molecule has 4 aromatic rings. The highest BCUT2D eigenvalue weighted by Gasteiger charge is 2.15. The molecule has 2 N–H and O–H groups in total. The summed E-state index contributed by atoms with van der Waals surface area (Å²) >= 11 is 0. The molecule has 0 saturated heterocycles. The zero-order valence-electron chi connectivity index (χ0n) is 18.3. The molecule has 34 heavy (non-hydrogen) atoms. The summed E-state index contributed by atoms with van der Waals surface area (Å²) in [6.07, 6.45) is 1.68. The molecule has 3 aromatic carbocycles. The maximum atomic E-state index is 12.7. The second-order valence-electron chi connectivity index (χ2n) is 7.50. The van der Waals surface area contributed by atoms with Crippen molar-refractivity contribution in [2.24, 2.45) is 0 Å². The molecule has 6 nitrogen and oxygen atoms in total. The van der Waals surface area contributed by atoms with Crippen LogP contribution in [0.4, 0.5) is 11.4 Å². The van der Waals surface area contributed by atoms with Gasteiger partial charge in [-0.3, -0.25) is 9.52 Å². The van der Waals surface area contributed by atoms with Gasteiger partial charge in [-0.05, 0) is 79.6 Å². The summed E-state index contributed by atoms with van der Waals surface area (Å²) in [6.45, 7) is 1.92. The van der Waals surface area contributed by atoms with Crippen LogP contribution in [0.3, 0.4) is 0 Å². The Bertz CT molecular complexity index is 1470. The minimum Gasteiger partial charge on any atom is -0.322 e. The highest BCUT2D eigenvalue weighted by atomic mass is 32.2. The molecular weight excluding hydrogens is 446 g/mol. The molecule has 0 fully saturated rings. The van der Waals surface area contributed by atoms with Gasteiger partial charge >= 0.3 is 0 Å². The molecule has 1 amide bonds. The van der Waals surface area contributed by atoms with E-state index in [0.717, 1.165) is 11.1 Å². The number of rotatable bonds is 5. The highest BCUT2D eigenvalue weighted by Crippen LogP contribution is 2.18. The van der Waals surface area contributed by atoms with E-state index in [1.165, 1.54) is 24.3 Å². The van der Waals surface area contributed by atoms with Gasteiger partial charge in [-0.2, -0.15) is 0 Å². The molecule has 0 spiro atoms. The molecule has 0 atom stereocenters. The maximum absolute atomic E-state index is 12.7. The Balaban J connectivity index is 1.44. The Morgan fingerprint density at radius 2 is 1.59 bits per heavy atom. The van der Waals surface area contributed by atoms with Gasteiger partial charge in [0.2, 0.25) is 0 Å². The standard InChI is InChI=1S/C27H21N3O3S/c1-20-8-13-24(14-9-20)30-34(32,33)26-16-11-22(12-17-26)27(31)29-25-7-4-5-21(19-25)10-15-23-6-2-3-18-28-23/h2-9,11-14,16-19,30H,1H3,(H,29,31). The van der Waals surface area contributed by atoms with Crippen LogP contribution in [0.5, 0.6) is 0 Å². The van der Waals surface area contributed by atoms with Gasteiger partial charge in [-0.15, -0.1) is 0 Å². The molecule has 168 valence electrons. The molecule has 0 unspecified atom stereocenters. The van der Waals surface area contributed by atoms with Gasteiger partial charge in [0.05, 0.1) is 4.90 Å². The van der Waals surface area contributed by atoms with E-state index in [-0.39, 0.29) is 10.8 Å². The smallest absolute Gasteiger partial charge is 0.261 e. The van der Waals surface area contributed by atoms with E-state index in [0.29, 0.717) is 22.6 Å². The SMILES string of the molecule is Cc1ccc(NS(=O)(=O)c2ccc(C(=O)Nc3cccc(C#Cc4ccccn4)c3)cc2)cc1. The van der Waals surface area contributed by atoms with E-state index < -0.39 is 10.0 Å². The minimum atomic E-state index is -3.76. The first-order chi connectivity index (χ1) is 16.4. The van der Waals surface area contributed by atoms with Gasteiger partial charge in [-0.25, -0.2) is 13.4 Å². The summed E-state index contributed by atoms with van der Waals surface area (Å²) in [4.78, 5) is 16.9. The predicted molar refractivity (Wildman–Crippen MR) is 133 cm³/mol. The Morgan fingerprint density at radius 1 is 0.824 bits per heavy atom. The number of carbonyl (C=O) groups is 1. The molecule has 4 rings (SSSR count). The van der Waals surface area contributed by atoms with Crippen molar-refractivity contribution in [2.45, 2.75) is 11.8 Å². The van der Waals surface area contributed by atoms with Gasteiger partial charge in [0, 0.05) is 28.7 Å². The molecule has 1 heterocycles. The van der Waals surface area contributed by atoms with Crippen molar-refractivity contribution in [3.8, 4) is 11.8 Å². The number of carbonyl (C=O) groups excluding carboxylic acids is 1. The Kier molecular flexibility index (Phi) is 6.72. The number of aromatic nitrogens is 1. The van der Waals surface area contributed by atoms with Gasteiger partial charge < -0.3 is 5.32 Å².